The van der Waals surface area contributed by atoms with Crippen molar-refractivity contribution in [1.82, 2.24) is 5.32 Å². The van der Waals surface area contributed by atoms with Gasteiger partial charge in [0.05, 0.1) is 6.10 Å². The minimum absolute atomic E-state index is 0.0695. The van der Waals surface area contributed by atoms with Crippen molar-refractivity contribution in [2.45, 2.75) is 65.5 Å². The number of ether oxygens (including phenoxy) is 1. The van der Waals surface area contributed by atoms with Crippen molar-refractivity contribution < 1.29 is 9.53 Å². The number of carbonyl (C=O) groups excluding carboxylic acids is 1. The van der Waals surface area contributed by atoms with Crippen molar-refractivity contribution in [3.8, 4) is 5.75 Å². The van der Waals surface area contributed by atoms with E-state index in [4.69, 9.17) is 4.74 Å². The first-order valence-electron chi connectivity index (χ1n) is 9.36. The van der Waals surface area contributed by atoms with Crippen LogP contribution in [0.5, 0.6) is 5.75 Å². The molecule has 0 unspecified atom stereocenters. The summed E-state index contributed by atoms with van der Waals surface area (Å²) < 4.78 is 5.69. The molecule has 0 aliphatic heterocycles. The number of hydrogen-bond acceptors (Lipinski definition) is 2. The summed E-state index contributed by atoms with van der Waals surface area (Å²) in [5.74, 6) is 0.908. The number of amides is 1. The van der Waals surface area contributed by atoms with Gasteiger partial charge in [-0.05, 0) is 54.5 Å². The van der Waals surface area contributed by atoms with Gasteiger partial charge in [0.25, 0.3) is 0 Å². The Kier molecular flexibility index (Phi) is 6.84. The molecule has 1 N–H and O–H groups in total. The highest BCUT2D eigenvalue weighted by Crippen LogP contribution is 2.22. The molecular formula is C23H31NO2. The van der Waals surface area contributed by atoms with E-state index in [2.05, 4.69) is 50.4 Å². The van der Waals surface area contributed by atoms with Gasteiger partial charge < -0.3 is 10.1 Å². The van der Waals surface area contributed by atoms with Crippen LogP contribution in [0.25, 0.3) is 0 Å². The van der Waals surface area contributed by atoms with Crippen molar-refractivity contribution >= 4 is 5.91 Å². The lowest BCUT2D eigenvalue weighted by Crippen LogP contribution is -2.23. The van der Waals surface area contributed by atoms with E-state index in [0.717, 1.165) is 17.7 Å². The van der Waals surface area contributed by atoms with E-state index in [9.17, 15) is 4.79 Å². The van der Waals surface area contributed by atoms with Gasteiger partial charge >= 0.3 is 0 Å². The fourth-order valence-corrected chi connectivity index (χ4v) is 2.72. The molecule has 0 heterocycles. The van der Waals surface area contributed by atoms with Crippen LogP contribution in [0.15, 0.2) is 48.5 Å². The van der Waals surface area contributed by atoms with Crippen molar-refractivity contribution in [1.29, 1.82) is 0 Å². The summed E-state index contributed by atoms with van der Waals surface area (Å²) >= 11 is 0. The molecule has 1 amide bonds. The SMILES string of the molecule is CC(C)Oc1cccc(CNC(=O)CCc2ccc(C(C)(C)C)cc2)c1. The first-order chi connectivity index (χ1) is 12.2. The largest absolute Gasteiger partial charge is 0.491 e. The van der Waals surface area contributed by atoms with Gasteiger partial charge in [0.1, 0.15) is 5.75 Å². The normalized spacial score (nSPS) is 11.5. The van der Waals surface area contributed by atoms with Gasteiger partial charge in [0.2, 0.25) is 5.91 Å². The molecule has 2 aromatic carbocycles. The molecule has 140 valence electrons. The van der Waals surface area contributed by atoms with E-state index in [1.54, 1.807) is 0 Å². The predicted octanol–water partition coefficient (Wildman–Crippen LogP) is 5.02. The second-order valence-electron chi connectivity index (χ2n) is 8.04. The van der Waals surface area contributed by atoms with E-state index in [-0.39, 0.29) is 17.4 Å². The van der Waals surface area contributed by atoms with Crippen molar-refractivity contribution in [2.24, 2.45) is 0 Å². The number of hydrogen-bond donors (Lipinski definition) is 1. The maximum Gasteiger partial charge on any atom is 0.220 e. The van der Waals surface area contributed by atoms with Crippen LogP contribution in [-0.4, -0.2) is 12.0 Å². The van der Waals surface area contributed by atoms with Gasteiger partial charge in [0.15, 0.2) is 0 Å². The van der Waals surface area contributed by atoms with Crippen molar-refractivity contribution in [2.75, 3.05) is 0 Å². The minimum Gasteiger partial charge on any atom is -0.491 e. The number of benzene rings is 2. The lowest BCUT2D eigenvalue weighted by Gasteiger charge is -2.19. The predicted molar refractivity (Wildman–Crippen MR) is 108 cm³/mol. The average molecular weight is 354 g/mol. The van der Waals surface area contributed by atoms with Crippen molar-refractivity contribution in [3.63, 3.8) is 0 Å². The molecule has 3 nitrogen and oxygen atoms in total. The van der Waals surface area contributed by atoms with Crippen LogP contribution in [0.3, 0.4) is 0 Å². The van der Waals surface area contributed by atoms with E-state index >= 15 is 0 Å². The van der Waals surface area contributed by atoms with Crippen LogP contribution in [-0.2, 0) is 23.2 Å². The molecule has 0 spiro atoms. The molecule has 2 rings (SSSR count). The van der Waals surface area contributed by atoms with Crippen LogP contribution in [0.2, 0.25) is 0 Å². The summed E-state index contributed by atoms with van der Waals surface area (Å²) in [7, 11) is 0. The number of aryl methyl sites for hydroxylation is 1. The van der Waals surface area contributed by atoms with Crippen LogP contribution in [0.1, 0.15) is 57.7 Å². The monoisotopic (exact) mass is 353 g/mol. The highest BCUT2D eigenvalue weighted by atomic mass is 16.5. The van der Waals surface area contributed by atoms with Gasteiger partial charge in [-0.25, -0.2) is 0 Å². The van der Waals surface area contributed by atoms with Crippen molar-refractivity contribution in [3.05, 3.63) is 65.2 Å². The molecule has 0 aliphatic carbocycles. The Bertz CT molecular complexity index is 712. The zero-order valence-corrected chi connectivity index (χ0v) is 16.6. The summed E-state index contributed by atoms with van der Waals surface area (Å²) in [6.07, 6.45) is 1.40. The lowest BCUT2D eigenvalue weighted by molar-refractivity contribution is -0.121. The smallest absolute Gasteiger partial charge is 0.220 e. The van der Waals surface area contributed by atoms with Gasteiger partial charge in [-0.1, -0.05) is 57.2 Å². The number of rotatable bonds is 7. The Morgan fingerprint density at radius 1 is 1.04 bits per heavy atom. The molecular weight excluding hydrogens is 322 g/mol. The maximum absolute atomic E-state index is 12.1. The van der Waals surface area contributed by atoms with Crippen LogP contribution >= 0.6 is 0 Å². The highest BCUT2D eigenvalue weighted by molar-refractivity contribution is 5.76. The topological polar surface area (TPSA) is 38.3 Å². The minimum atomic E-state index is 0.0695. The molecule has 2 aromatic rings. The Morgan fingerprint density at radius 3 is 2.35 bits per heavy atom. The van der Waals surface area contributed by atoms with Crippen LogP contribution < -0.4 is 10.1 Å². The van der Waals surface area contributed by atoms with E-state index in [0.29, 0.717) is 13.0 Å². The molecule has 0 aliphatic rings. The zero-order valence-electron chi connectivity index (χ0n) is 16.6. The molecule has 26 heavy (non-hydrogen) atoms. The van der Waals surface area contributed by atoms with Gasteiger partial charge in [0, 0.05) is 13.0 Å². The van der Waals surface area contributed by atoms with Gasteiger partial charge in [-0.2, -0.15) is 0 Å². The second kappa shape index (κ2) is 8.88. The van der Waals surface area contributed by atoms with E-state index < -0.39 is 0 Å². The zero-order chi connectivity index (χ0) is 19.2. The molecule has 0 saturated heterocycles. The molecule has 0 radical (unpaired) electrons. The summed E-state index contributed by atoms with van der Waals surface area (Å²) in [4.78, 5) is 12.1. The highest BCUT2D eigenvalue weighted by Gasteiger charge is 2.13. The summed E-state index contributed by atoms with van der Waals surface area (Å²) in [6, 6.07) is 16.4. The quantitative estimate of drug-likeness (QED) is 0.759. The fourth-order valence-electron chi connectivity index (χ4n) is 2.72. The Hall–Kier alpha value is -2.29. The lowest BCUT2D eigenvalue weighted by atomic mass is 9.86. The molecule has 0 bridgehead atoms. The molecule has 0 saturated carbocycles. The molecule has 0 aromatic heterocycles. The Labute approximate surface area is 157 Å². The third kappa shape index (κ3) is 6.55. The summed E-state index contributed by atoms with van der Waals surface area (Å²) in [5, 5.41) is 2.99. The fraction of sp³-hybridized carbons (Fsp3) is 0.435. The first kappa shape index (κ1) is 20.0. The molecule has 3 heteroatoms. The van der Waals surface area contributed by atoms with Gasteiger partial charge in [-0.15, -0.1) is 0 Å². The molecule has 0 fully saturated rings. The van der Waals surface area contributed by atoms with Crippen LogP contribution in [0, 0.1) is 0 Å². The first-order valence-corrected chi connectivity index (χ1v) is 9.36. The summed E-state index contributed by atoms with van der Waals surface area (Å²) in [6.45, 7) is 11.1. The van der Waals surface area contributed by atoms with E-state index in [1.807, 2.05) is 38.1 Å². The maximum atomic E-state index is 12.1. The molecule has 0 atom stereocenters. The van der Waals surface area contributed by atoms with E-state index in [1.165, 1.54) is 11.1 Å². The van der Waals surface area contributed by atoms with Crippen LogP contribution in [0.4, 0.5) is 0 Å². The number of nitrogens with one attached hydrogen (secondary N) is 1. The summed E-state index contributed by atoms with van der Waals surface area (Å²) in [5.41, 5.74) is 3.71. The Morgan fingerprint density at radius 2 is 1.73 bits per heavy atom. The van der Waals surface area contributed by atoms with Gasteiger partial charge in [-0.3, -0.25) is 4.79 Å². The standard InChI is InChI=1S/C23H31NO2/c1-17(2)26-21-8-6-7-19(15-21)16-24-22(25)14-11-18-9-12-20(13-10-18)23(3,4)5/h6-10,12-13,15,17H,11,14,16H2,1-5H3,(H,24,25). The average Bonchev–Trinajstić information content (AvgIpc) is 2.57. The third-order valence-corrected chi connectivity index (χ3v) is 4.22. The third-order valence-electron chi connectivity index (χ3n) is 4.22. The number of carbonyl (C=O) groups is 1. The second-order valence-corrected chi connectivity index (χ2v) is 8.04. The Balaban J connectivity index is 1.80.